The summed E-state index contributed by atoms with van der Waals surface area (Å²) in [7, 11) is 0. The van der Waals surface area contributed by atoms with E-state index in [1.807, 2.05) is 6.92 Å². The first-order valence-electron chi connectivity index (χ1n) is 6.14. The van der Waals surface area contributed by atoms with E-state index in [0.29, 0.717) is 24.5 Å². The minimum Gasteiger partial charge on any atom is -0.308 e. The number of hydrogen-bond donors (Lipinski definition) is 2. The van der Waals surface area contributed by atoms with Crippen LogP contribution in [-0.4, -0.2) is 26.7 Å². The van der Waals surface area contributed by atoms with Crippen molar-refractivity contribution in [1.29, 1.82) is 0 Å². The molecule has 7 heteroatoms. The summed E-state index contributed by atoms with van der Waals surface area (Å²) in [5, 5.41) is 0. The molecular weight excluding hydrogens is 246 g/mol. The van der Waals surface area contributed by atoms with Crippen molar-refractivity contribution in [2.75, 3.05) is 5.43 Å². The molecule has 1 aliphatic heterocycles. The average molecular weight is 263 g/mol. The zero-order valence-electron chi connectivity index (χ0n) is 11.0. The molecule has 0 aliphatic carbocycles. The molecule has 3 N–H and O–H groups in total. The van der Waals surface area contributed by atoms with Crippen LogP contribution >= 0.6 is 0 Å². The molecule has 102 valence electrons. The Morgan fingerprint density at radius 1 is 1.37 bits per heavy atom. The molecule has 1 aliphatic rings. The third kappa shape index (κ3) is 3.05. The van der Waals surface area contributed by atoms with Crippen molar-refractivity contribution in [3.63, 3.8) is 0 Å². The standard InChI is InChI=1S/C12H17N5O2/c1-7-3-11(18)17(12(19)4-7)6-10-14-8(2)5-9(15-10)16-13/h5,7H,3-4,6,13H2,1-2H3,(H,14,15,16). The molecule has 0 unspecified atom stereocenters. The summed E-state index contributed by atoms with van der Waals surface area (Å²) in [6.45, 7) is 3.79. The number of piperidine rings is 1. The van der Waals surface area contributed by atoms with Crippen molar-refractivity contribution in [2.24, 2.45) is 11.8 Å². The van der Waals surface area contributed by atoms with Gasteiger partial charge in [0.15, 0.2) is 5.82 Å². The fourth-order valence-electron chi connectivity index (χ4n) is 2.12. The number of nitrogens with zero attached hydrogens (tertiary/aromatic N) is 3. The molecule has 1 aromatic heterocycles. The van der Waals surface area contributed by atoms with Gasteiger partial charge in [-0.05, 0) is 12.8 Å². The van der Waals surface area contributed by atoms with E-state index in [9.17, 15) is 9.59 Å². The normalized spacial score (nSPS) is 16.9. The number of nitrogen functional groups attached to an aromatic ring is 1. The lowest BCUT2D eigenvalue weighted by molar-refractivity contribution is -0.150. The van der Waals surface area contributed by atoms with Gasteiger partial charge in [0.2, 0.25) is 11.8 Å². The van der Waals surface area contributed by atoms with E-state index in [1.54, 1.807) is 13.0 Å². The molecule has 1 saturated heterocycles. The zero-order chi connectivity index (χ0) is 14.0. The Labute approximate surface area is 111 Å². The lowest BCUT2D eigenvalue weighted by Gasteiger charge is -2.27. The van der Waals surface area contributed by atoms with Crippen LogP contribution in [0.2, 0.25) is 0 Å². The predicted octanol–water partition coefficient (Wildman–Crippen LogP) is 0.356. The van der Waals surface area contributed by atoms with E-state index < -0.39 is 0 Å². The van der Waals surface area contributed by atoms with Crippen LogP contribution in [0.1, 0.15) is 31.3 Å². The number of hydrogen-bond acceptors (Lipinski definition) is 6. The Kier molecular flexibility index (Phi) is 3.75. The van der Waals surface area contributed by atoms with Crippen LogP contribution < -0.4 is 11.3 Å². The number of carbonyl (C=O) groups is 2. The minimum absolute atomic E-state index is 0.0980. The van der Waals surface area contributed by atoms with Crippen LogP contribution in [-0.2, 0) is 16.1 Å². The van der Waals surface area contributed by atoms with E-state index in [-0.39, 0.29) is 24.3 Å². The number of rotatable bonds is 3. The maximum Gasteiger partial charge on any atom is 0.229 e. The Balaban J connectivity index is 2.18. The second-order valence-corrected chi connectivity index (χ2v) is 4.84. The van der Waals surface area contributed by atoms with E-state index in [4.69, 9.17) is 5.84 Å². The van der Waals surface area contributed by atoms with Gasteiger partial charge in [0.1, 0.15) is 5.82 Å². The fourth-order valence-corrected chi connectivity index (χ4v) is 2.12. The van der Waals surface area contributed by atoms with Crippen molar-refractivity contribution < 1.29 is 9.59 Å². The summed E-state index contributed by atoms with van der Waals surface area (Å²) in [6, 6.07) is 1.69. The Hall–Kier alpha value is -2.02. The fraction of sp³-hybridized carbons (Fsp3) is 0.500. The number of nitrogens with two attached hydrogens (primary N) is 1. The van der Waals surface area contributed by atoms with Gasteiger partial charge in [-0.2, -0.15) is 0 Å². The Morgan fingerprint density at radius 3 is 2.58 bits per heavy atom. The van der Waals surface area contributed by atoms with Crippen molar-refractivity contribution >= 4 is 17.6 Å². The highest BCUT2D eigenvalue weighted by molar-refractivity contribution is 5.97. The molecule has 1 fully saturated rings. The zero-order valence-corrected chi connectivity index (χ0v) is 11.0. The van der Waals surface area contributed by atoms with Crippen LogP contribution in [0, 0.1) is 12.8 Å². The lowest BCUT2D eigenvalue weighted by Crippen LogP contribution is -2.42. The predicted molar refractivity (Wildman–Crippen MR) is 68.5 cm³/mol. The molecular formula is C12H17N5O2. The highest BCUT2D eigenvalue weighted by Gasteiger charge is 2.30. The summed E-state index contributed by atoms with van der Waals surface area (Å²) in [5.41, 5.74) is 3.16. The molecule has 2 rings (SSSR count). The van der Waals surface area contributed by atoms with Gasteiger partial charge in [0.25, 0.3) is 0 Å². The van der Waals surface area contributed by atoms with Gasteiger partial charge in [-0.1, -0.05) is 6.92 Å². The number of amides is 2. The third-order valence-corrected chi connectivity index (χ3v) is 3.00. The maximum absolute atomic E-state index is 11.9. The first-order valence-corrected chi connectivity index (χ1v) is 6.14. The van der Waals surface area contributed by atoms with Crippen LogP contribution in [0.25, 0.3) is 0 Å². The molecule has 0 atom stereocenters. The van der Waals surface area contributed by atoms with Crippen LogP contribution in [0.5, 0.6) is 0 Å². The number of likely N-dealkylation sites (tertiary alicyclic amines) is 1. The van der Waals surface area contributed by atoms with E-state index in [0.717, 1.165) is 5.69 Å². The summed E-state index contributed by atoms with van der Waals surface area (Å²) in [4.78, 5) is 33.3. The Morgan fingerprint density at radius 2 is 2.00 bits per heavy atom. The van der Waals surface area contributed by atoms with Gasteiger partial charge in [0.05, 0.1) is 6.54 Å². The number of aryl methyl sites for hydroxylation is 1. The largest absolute Gasteiger partial charge is 0.308 e. The number of hydrazine groups is 1. The minimum atomic E-state index is -0.170. The molecule has 0 saturated carbocycles. The lowest BCUT2D eigenvalue weighted by atomic mass is 9.98. The van der Waals surface area contributed by atoms with Gasteiger partial charge in [0, 0.05) is 24.6 Å². The van der Waals surface area contributed by atoms with Gasteiger partial charge >= 0.3 is 0 Å². The SMILES string of the molecule is Cc1cc(NN)nc(CN2C(=O)CC(C)CC2=O)n1. The second-order valence-electron chi connectivity index (χ2n) is 4.84. The van der Waals surface area contributed by atoms with E-state index in [1.165, 1.54) is 4.90 Å². The quantitative estimate of drug-likeness (QED) is 0.464. The molecule has 0 radical (unpaired) electrons. The summed E-state index contributed by atoms with van der Waals surface area (Å²) in [5.74, 6) is 5.94. The second kappa shape index (κ2) is 5.31. The molecule has 7 nitrogen and oxygen atoms in total. The number of carbonyl (C=O) groups excluding carboxylic acids is 2. The summed E-state index contributed by atoms with van der Waals surface area (Å²) >= 11 is 0. The first-order chi connectivity index (χ1) is 8.99. The smallest absolute Gasteiger partial charge is 0.229 e. The van der Waals surface area contributed by atoms with Gasteiger partial charge in [-0.25, -0.2) is 15.8 Å². The molecule has 2 heterocycles. The van der Waals surface area contributed by atoms with Gasteiger partial charge < -0.3 is 5.43 Å². The first kappa shape index (κ1) is 13.4. The average Bonchev–Trinajstić information content (AvgIpc) is 2.33. The van der Waals surface area contributed by atoms with Crippen molar-refractivity contribution in [3.8, 4) is 0 Å². The number of imide groups is 1. The van der Waals surface area contributed by atoms with E-state index >= 15 is 0 Å². The van der Waals surface area contributed by atoms with Gasteiger partial charge in [-0.3, -0.25) is 14.5 Å². The van der Waals surface area contributed by atoms with Gasteiger partial charge in [-0.15, -0.1) is 0 Å². The number of nitrogens with one attached hydrogen (secondary N) is 1. The van der Waals surface area contributed by atoms with Crippen molar-refractivity contribution in [3.05, 3.63) is 17.6 Å². The monoisotopic (exact) mass is 263 g/mol. The molecule has 0 spiro atoms. The molecule has 1 aromatic rings. The van der Waals surface area contributed by atoms with Crippen LogP contribution in [0.3, 0.4) is 0 Å². The van der Waals surface area contributed by atoms with Crippen LogP contribution in [0.15, 0.2) is 6.07 Å². The molecule has 19 heavy (non-hydrogen) atoms. The summed E-state index contributed by atoms with van der Waals surface area (Å²) < 4.78 is 0. The number of aromatic nitrogens is 2. The molecule has 2 amide bonds. The Bertz CT molecular complexity index is 499. The highest BCUT2D eigenvalue weighted by Crippen LogP contribution is 2.20. The molecule has 0 bridgehead atoms. The summed E-state index contributed by atoms with van der Waals surface area (Å²) in [6.07, 6.45) is 0.777. The van der Waals surface area contributed by atoms with Crippen molar-refractivity contribution in [2.45, 2.75) is 33.2 Å². The van der Waals surface area contributed by atoms with E-state index in [2.05, 4.69) is 15.4 Å². The number of anilines is 1. The van der Waals surface area contributed by atoms with Crippen molar-refractivity contribution in [1.82, 2.24) is 14.9 Å². The third-order valence-electron chi connectivity index (χ3n) is 3.00. The maximum atomic E-state index is 11.9. The highest BCUT2D eigenvalue weighted by atomic mass is 16.2. The topological polar surface area (TPSA) is 101 Å². The van der Waals surface area contributed by atoms with Crippen LogP contribution in [0.4, 0.5) is 5.82 Å². The molecule has 0 aromatic carbocycles.